The van der Waals surface area contributed by atoms with E-state index in [-0.39, 0.29) is 11.9 Å². The molecule has 0 aliphatic rings. The number of halogens is 1. The maximum absolute atomic E-state index is 11.3. The molecule has 0 saturated heterocycles. The summed E-state index contributed by atoms with van der Waals surface area (Å²) in [6.07, 6.45) is 0.365. The highest BCUT2D eigenvalue weighted by Crippen LogP contribution is 2.37. The van der Waals surface area contributed by atoms with Gasteiger partial charge in [-0.1, -0.05) is 15.9 Å². The fourth-order valence-corrected chi connectivity index (χ4v) is 1.97. The molecular weight excluding hydrogens is 284 g/mol. The van der Waals surface area contributed by atoms with Crippen molar-refractivity contribution in [1.82, 2.24) is 0 Å². The molecule has 0 amide bonds. The molecule has 0 aromatic heterocycles. The third kappa shape index (κ3) is 3.73. The van der Waals surface area contributed by atoms with Crippen LogP contribution in [-0.4, -0.2) is 19.0 Å². The number of carbonyl (C=O) groups excluding carboxylic acids is 1. The Kier molecular flexibility index (Phi) is 5.00. The van der Waals surface area contributed by atoms with Crippen molar-refractivity contribution >= 4 is 21.7 Å². The minimum absolute atomic E-state index is 0.0314. The molecule has 0 bridgehead atoms. The first-order valence-corrected chi connectivity index (χ1v) is 6.26. The lowest BCUT2D eigenvalue weighted by atomic mass is 10.1. The molecule has 1 aromatic carbocycles. The molecule has 0 atom stereocenters. The zero-order valence-corrected chi connectivity index (χ0v) is 12.1. The minimum Gasteiger partial charge on any atom is -0.493 e. The van der Waals surface area contributed by atoms with E-state index in [4.69, 9.17) is 9.47 Å². The average Bonchev–Trinajstić information content (AvgIpc) is 2.22. The smallest absolute Gasteiger partial charge is 0.166 e. The molecule has 0 fully saturated rings. The number of rotatable bonds is 5. The van der Waals surface area contributed by atoms with Crippen LogP contribution in [0.3, 0.4) is 0 Å². The van der Waals surface area contributed by atoms with Gasteiger partial charge in [0.25, 0.3) is 0 Å². The van der Waals surface area contributed by atoms with Gasteiger partial charge in [0.1, 0.15) is 5.78 Å². The topological polar surface area (TPSA) is 35.5 Å². The van der Waals surface area contributed by atoms with Gasteiger partial charge in [-0.25, -0.2) is 0 Å². The monoisotopic (exact) mass is 300 g/mol. The molecule has 0 radical (unpaired) electrons. The molecule has 4 heteroatoms. The highest BCUT2D eigenvalue weighted by atomic mass is 79.9. The molecule has 94 valence electrons. The average molecular weight is 301 g/mol. The van der Waals surface area contributed by atoms with Gasteiger partial charge in [-0.15, -0.1) is 0 Å². The number of hydrogen-bond donors (Lipinski definition) is 0. The highest BCUT2D eigenvalue weighted by molar-refractivity contribution is 9.10. The lowest BCUT2D eigenvalue weighted by Crippen LogP contribution is -2.10. The summed E-state index contributed by atoms with van der Waals surface area (Å²) in [5.74, 6) is 1.39. The molecule has 17 heavy (non-hydrogen) atoms. The molecule has 0 unspecified atom stereocenters. The lowest BCUT2D eigenvalue weighted by Gasteiger charge is -2.18. The van der Waals surface area contributed by atoms with Crippen LogP contribution < -0.4 is 9.47 Å². The number of ketones is 1. The number of hydrogen-bond acceptors (Lipinski definition) is 3. The number of carbonyl (C=O) groups is 1. The van der Waals surface area contributed by atoms with Crippen LogP contribution in [0.25, 0.3) is 0 Å². The fraction of sp³-hybridized carbons (Fsp3) is 0.462. The maximum Gasteiger partial charge on any atom is 0.166 e. The Hall–Kier alpha value is -1.03. The first-order valence-electron chi connectivity index (χ1n) is 5.47. The van der Waals surface area contributed by atoms with Gasteiger partial charge in [0.2, 0.25) is 0 Å². The summed E-state index contributed by atoms with van der Waals surface area (Å²) in [6.45, 7) is 5.45. The Morgan fingerprint density at radius 2 is 2.06 bits per heavy atom. The van der Waals surface area contributed by atoms with E-state index < -0.39 is 0 Å². The molecule has 0 aliphatic carbocycles. The van der Waals surface area contributed by atoms with Crippen molar-refractivity contribution in [3.8, 4) is 11.5 Å². The third-order valence-electron chi connectivity index (χ3n) is 2.17. The quantitative estimate of drug-likeness (QED) is 0.836. The van der Waals surface area contributed by atoms with E-state index in [0.29, 0.717) is 17.9 Å². The summed E-state index contributed by atoms with van der Waals surface area (Å²) in [6, 6.07) is 3.69. The lowest BCUT2D eigenvalue weighted by molar-refractivity contribution is -0.116. The van der Waals surface area contributed by atoms with E-state index in [1.165, 1.54) is 0 Å². The van der Waals surface area contributed by atoms with Crippen LogP contribution >= 0.6 is 15.9 Å². The van der Waals surface area contributed by atoms with Crippen LogP contribution in [0.1, 0.15) is 26.3 Å². The van der Waals surface area contributed by atoms with Crippen molar-refractivity contribution in [2.45, 2.75) is 33.3 Å². The Bertz CT molecular complexity index is 413. The second kappa shape index (κ2) is 6.05. The van der Waals surface area contributed by atoms with Gasteiger partial charge in [0.05, 0.1) is 13.2 Å². The largest absolute Gasteiger partial charge is 0.493 e. The van der Waals surface area contributed by atoms with Crippen LogP contribution in [-0.2, 0) is 11.2 Å². The van der Waals surface area contributed by atoms with Gasteiger partial charge in [-0.2, -0.15) is 0 Å². The second-order valence-electron chi connectivity index (χ2n) is 4.10. The zero-order chi connectivity index (χ0) is 13.0. The summed E-state index contributed by atoms with van der Waals surface area (Å²) in [7, 11) is 1.59. The molecule has 1 aromatic rings. The number of methoxy groups -OCH3 is 1. The van der Waals surface area contributed by atoms with E-state index in [1.807, 2.05) is 26.0 Å². The summed E-state index contributed by atoms with van der Waals surface area (Å²) in [5.41, 5.74) is 0.838. The zero-order valence-electron chi connectivity index (χ0n) is 10.5. The van der Waals surface area contributed by atoms with Gasteiger partial charge in [0.15, 0.2) is 11.5 Å². The van der Waals surface area contributed by atoms with Crippen LogP contribution in [0.2, 0.25) is 0 Å². The number of Topliss-reactive ketones (excluding diaryl/α,β-unsaturated/α-hetero) is 1. The molecule has 1 rings (SSSR count). The van der Waals surface area contributed by atoms with Gasteiger partial charge in [-0.05, 0) is 32.9 Å². The van der Waals surface area contributed by atoms with Crippen molar-refractivity contribution in [2.75, 3.05) is 7.11 Å². The minimum atomic E-state index is 0.0314. The van der Waals surface area contributed by atoms with Crippen LogP contribution in [0.4, 0.5) is 0 Å². The van der Waals surface area contributed by atoms with Gasteiger partial charge < -0.3 is 9.47 Å². The molecule has 0 saturated carbocycles. The molecule has 0 spiro atoms. The summed E-state index contributed by atoms with van der Waals surface area (Å²) >= 11 is 3.44. The van der Waals surface area contributed by atoms with Gasteiger partial charge in [-0.3, -0.25) is 4.79 Å². The molecule has 3 nitrogen and oxygen atoms in total. The fourth-order valence-electron chi connectivity index (χ4n) is 1.52. The standard InChI is InChI=1S/C13H17BrO3/c1-8(2)17-13-10(7-9(3)15)11(14)5-6-12(13)16-4/h5-6,8H,7H2,1-4H3. The SMILES string of the molecule is COc1ccc(Br)c(CC(C)=O)c1OC(C)C. The Labute approximate surface area is 110 Å². The van der Waals surface area contributed by atoms with Crippen molar-refractivity contribution in [3.05, 3.63) is 22.2 Å². The van der Waals surface area contributed by atoms with E-state index in [1.54, 1.807) is 14.0 Å². The van der Waals surface area contributed by atoms with E-state index in [0.717, 1.165) is 10.0 Å². The van der Waals surface area contributed by atoms with Crippen LogP contribution in [0, 0.1) is 0 Å². The predicted octanol–water partition coefficient (Wildman–Crippen LogP) is 3.38. The summed E-state index contributed by atoms with van der Waals surface area (Å²) in [4.78, 5) is 11.3. The van der Waals surface area contributed by atoms with E-state index >= 15 is 0 Å². The second-order valence-corrected chi connectivity index (χ2v) is 4.96. The molecule has 0 heterocycles. The van der Waals surface area contributed by atoms with Crippen LogP contribution in [0.15, 0.2) is 16.6 Å². The van der Waals surface area contributed by atoms with Crippen molar-refractivity contribution in [1.29, 1.82) is 0 Å². The molecule has 0 aliphatic heterocycles. The first-order chi connectivity index (χ1) is 7.95. The van der Waals surface area contributed by atoms with Gasteiger partial charge >= 0.3 is 0 Å². The van der Waals surface area contributed by atoms with Crippen molar-refractivity contribution < 1.29 is 14.3 Å². The normalized spacial score (nSPS) is 10.5. The number of benzene rings is 1. The van der Waals surface area contributed by atoms with Gasteiger partial charge in [0, 0.05) is 16.5 Å². The van der Waals surface area contributed by atoms with Crippen molar-refractivity contribution in [3.63, 3.8) is 0 Å². The van der Waals surface area contributed by atoms with Crippen LogP contribution in [0.5, 0.6) is 11.5 Å². The molecule has 0 N–H and O–H groups in total. The third-order valence-corrected chi connectivity index (χ3v) is 2.91. The van der Waals surface area contributed by atoms with Crippen molar-refractivity contribution in [2.24, 2.45) is 0 Å². The predicted molar refractivity (Wildman–Crippen MR) is 70.8 cm³/mol. The highest BCUT2D eigenvalue weighted by Gasteiger charge is 2.16. The Morgan fingerprint density at radius 1 is 1.41 bits per heavy atom. The van der Waals surface area contributed by atoms with E-state index in [2.05, 4.69) is 15.9 Å². The maximum atomic E-state index is 11.3. The Balaban J connectivity index is 3.25. The summed E-state index contributed by atoms with van der Waals surface area (Å²) < 4.78 is 11.9. The number of ether oxygens (including phenoxy) is 2. The van der Waals surface area contributed by atoms with E-state index in [9.17, 15) is 4.79 Å². The summed E-state index contributed by atoms with van der Waals surface area (Å²) in [5, 5.41) is 0. The Morgan fingerprint density at radius 3 is 2.53 bits per heavy atom. The first kappa shape index (κ1) is 14.0. The molecular formula is C13H17BrO3.